The van der Waals surface area contributed by atoms with Gasteiger partial charge in [-0.1, -0.05) is 18.6 Å². The fraction of sp³-hybridized carbons (Fsp3) is 0.500. The van der Waals surface area contributed by atoms with E-state index in [1.54, 1.807) is 0 Å². The quantitative estimate of drug-likeness (QED) is 0.563. The van der Waals surface area contributed by atoms with Crippen LogP contribution in [0.15, 0.2) is 23.1 Å². The first-order valence-electron chi connectivity index (χ1n) is 5.73. The van der Waals surface area contributed by atoms with Crippen molar-refractivity contribution in [3.8, 4) is 0 Å². The van der Waals surface area contributed by atoms with Crippen LogP contribution in [0.1, 0.15) is 37.6 Å². The maximum atomic E-state index is 11.0. The molecule has 2 rings (SSSR count). The lowest BCUT2D eigenvalue weighted by Crippen LogP contribution is -2.30. The van der Waals surface area contributed by atoms with Crippen molar-refractivity contribution in [2.75, 3.05) is 0 Å². The number of carbonyl (C=O) groups is 1. The molecule has 0 N–H and O–H groups in total. The largest absolute Gasteiger partial charge is 0.303 e. The summed E-state index contributed by atoms with van der Waals surface area (Å²) >= 11 is 1.83. The van der Waals surface area contributed by atoms with Crippen molar-refractivity contribution in [2.24, 2.45) is 5.92 Å². The predicted octanol–water partition coefficient (Wildman–Crippen LogP) is 3.73. The minimum Gasteiger partial charge on any atom is -0.303 e. The first-order chi connectivity index (χ1) is 7.55. The minimum absolute atomic E-state index is 0.0617. The van der Waals surface area contributed by atoms with Crippen LogP contribution in [0.2, 0.25) is 0 Å². The van der Waals surface area contributed by atoms with Crippen molar-refractivity contribution in [1.29, 1.82) is 0 Å². The van der Waals surface area contributed by atoms with Gasteiger partial charge in [0.1, 0.15) is 6.29 Å². The molecular weight excluding hydrogens is 216 g/mol. The van der Waals surface area contributed by atoms with E-state index in [1.807, 2.05) is 11.3 Å². The van der Waals surface area contributed by atoms with Gasteiger partial charge in [0, 0.05) is 16.2 Å². The fourth-order valence-corrected chi connectivity index (χ4v) is 3.93. The zero-order chi connectivity index (χ0) is 11.8. The van der Waals surface area contributed by atoms with Crippen LogP contribution in [0.5, 0.6) is 0 Å². The molecule has 1 aromatic rings. The second kappa shape index (κ2) is 4.17. The molecule has 1 heterocycles. The Morgan fingerprint density at radius 3 is 2.94 bits per heavy atom. The van der Waals surface area contributed by atoms with Crippen LogP contribution in [0, 0.1) is 5.92 Å². The summed E-state index contributed by atoms with van der Waals surface area (Å²) in [5.74, 6) is 0.183. The maximum Gasteiger partial charge on any atom is 0.123 e. The van der Waals surface area contributed by atoms with Gasteiger partial charge in [0.05, 0.1) is 0 Å². The van der Waals surface area contributed by atoms with Crippen molar-refractivity contribution in [2.45, 2.75) is 39.0 Å². The average Bonchev–Trinajstić information content (AvgIpc) is 2.64. The number of aldehydes is 1. The third-order valence-electron chi connectivity index (χ3n) is 3.23. The van der Waals surface area contributed by atoms with E-state index < -0.39 is 0 Å². The zero-order valence-electron chi connectivity index (χ0n) is 10.1. The zero-order valence-corrected chi connectivity index (χ0v) is 10.9. The van der Waals surface area contributed by atoms with E-state index in [9.17, 15) is 4.79 Å². The van der Waals surface area contributed by atoms with Gasteiger partial charge in [0.15, 0.2) is 0 Å². The summed E-state index contributed by atoms with van der Waals surface area (Å²) in [5, 5.41) is 2.15. The van der Waals surface area contributed by atoms with Crippen LogP contribution >= 0.6 is 11.3 Å². The monoisotopic (exact) mass is 234 g/mol. The molecule has 1 nitrogen and oxygen atoms in total. The Morgan fingerprint density at radius 1 is 1.56 bits per heavy atom. The van der Waals surface area contributed by atoms with E-state index in [-0.39, 0.29) is 11.3 Å². The van der Waals surface area contributed by atoms with Gasteiger partial charge in [-0.25, -0.2) is 0 Å². The maximum absolute atomic E-state index is 11.0. The fourth-order valence-electron chi connectivity index (χ4n) is 2.85. The molecule has 2 heteroatoms. The minimum atomic E-state index is 0.0617. The van der Waals surface area contributed by atoms with Gasteiger partial charge < -0.3 is 4.79 Å². The first-order valence-corrected chi connectivity index (χ1v) is 6.61. The van der Waals surface area contributed by atoms with Gasteiger partial charge in [0.2, 0.25) is 0 Å². The van der Waals surface area contributed by atoms with Crippen LogP contribution in [-0.4, -0.2) is 6.29 Å². The lowest BCUT2D eigenvalue weighted by molar-refractivity contribution is -0.111. The van der Waals surface area contributed by atoms with Gasteiger partial charge in [-0.15, -0.1) is 11.3 Å². The Labute approximate surface area is 101 Å². The smallest absolute Gasteiger partial charge is 0.123 e. The van der Waals surface area contributed by atoms with E-state index >= 15 is 0 Å². The number of fused-ring (bicyclic) bond motifs is 1. The van der Waals surface area contributed by atoms with Gasteiger partial charge in [-0.3, -0.25) is 0 Å². The molecule has 1 aromatic heterocycles. The molecule has 1 aliphatic carbocycles. The highest BCUT2D eigenvalue weighted by molar-refractivity contribution is 7.10. The second-order valence-corrected chi connectivity index (χ2v) is 6.13. The molecule has 1 aliphatic rings. The summed E-state index contributed by atoms with van der Waals surface area (Å²) in [6.45, 7) is 6.51. The molecule has 0 bridgehead atoms. The third-order valence-corrected chi connectivity index (χ3v) is 4.47. The number of allylic oxidation sites excluding steroid dienone is 2. The molecule has 0 unspecified atom stereocenters. The molecule has 86 valence electrons. The standard InChI is InChI=1S/C14H18OS/c1-10(2)7-14(3)8-11(9-15)6-12-4-5-16-13(12)14/h4-5,7,9,11H,6,8H2,1-3H3/t11-,14-/m0/s1. The molecule has 2 atom stereocenters. The Bertz CT molecular complexity index is 426. The highest BCUT2D eigenvalue weighted by atomic mass is 32.1. The normalized spacial score (nSPS) is 28.3. The van der Waals surface area contributed by atoms with E-state index in [2.05, 4.69) is 38.3 Å². The molecule has 0 spiro atoms. The molecule has 0 fully saturated rings. The number of hydrogen-bond acceptors (Lipinski definition) is 2. The molecule has 0 aliphatic heterocycles. The van der Waals surface area contributed by atoms with Gasteiger partial charge in [0.25, 0.3) is 0 Å². The van der Waals surface area contributed by atoms with Crippen molar-refractivity contribution in [1.82, 2.24) is 0 Å². The Hall–Kier alpha value is -0.890. The SMILES string of the molecule is CC(C)=C[C@@]1(C)C[C@@H](C=O)Cc2ccsc21. The summed E-state index contributed by atoms with van der Waals surface area (Å²) in [6, 6.07) is 2.17. The Balaban J connectivity index is 2.47. The average molecular weight is 234 g/mol. The van der Waals surface area contributed by atoms with Crippen molar-refractivity contribution < 1.29 is 4.79 Å². The van der Waals surface area contributed by atoms with E-state index in [0.29, 0.717) is 0 Å². The van der Waals surface area contributed by atoms with Crippen molar-refractivity contribution in [3.63, 3.8) is 0 Å². The molecule has 16 heavy (non-hydrogen) atoms. The molecule has 0 amide bonds. The molecule has 0 saturated carbocycles. The predicted molar refractivity (Wildman–Crippen MR) is 69.0 cm³/mol. The summed E-state index contributed by atoms with van der Waals surface area (Å²) in [4.78, 5) is 12.5. The number of rotatable bonds is 2. The van der Waals surface area contributed by atoms with E-state index in [0.717, 1.165) is 19.1 Å². The van der Waals surface area contributed by atoms with Gasteiger partial charge >= 0.3 is 0 Å². The van der Waals surface area contributed by atoms with Gasteiger partial charge in [-0.2, -0.15) is 0 Å². The molecule has 0 radical (unpaired) electrons. The molecule has 0 saturated heterocycles. The summed E-state index contributed by atoms with van der Waals surface area (Å²) in [5.41, 5.74) is 2.76. The third kappa shape index (κ3) is 1.99. The number of carbonyl (C=O) groups excluding carboxylic acids is 1. The van der Waals surface area contributed by atoms with Crippen molar-refractivity contribution in [3.05, 3.63) is 33.5 Å². The van der Waals surface area contributed by atoms with Gasteiger partial charge in [-0.05, 0) is 43.7 Å². The molecule has 0 aromatic carbocycles. The lowest BCUT2D eigenvalue weighted by atomic mass is 9.71. The topological polar surface area (TPSA) is 17.1 Å². The Kier molecular flexibility index (Phi) is 3.02. The number of thiophene rings is 1. The second-order valence-electron chi connectivity index (χ2n) is 5.22. The van der Waals surface area contributed by atoms with Crippen LogP contribution < -0.4 is 0 Å². The Morgan fingerprint density at radius 2 is 2.31 bits per heavy atom. The van der Waals surface area contributed by atoms with Crippen molar-refractivity contribution >= 4 is 17.6 Å². The highest BCUT2D eigenvalue weighted by Gasteiger charge is 2.35. The summed E-state index contributed by atoms with van der Waals surface area (Å²) < 4.78 is 0. The van der Waals surface area contributed by atoms with Crippen LogP contribution in [-0.2, 0) is 16.6 Å². The molecular formula is C14H18OS. The highest BCUT2D eigenvalue weighted by Crippen LogP contribution is 2.43. The lowest BCUT2D eigenvalue weighted by Gasteiger charge is -2.34. The van der Waals surface area contributed by atoms with Crippen LogP contribution in [0.4, 0.5) is 0 Å². The van der Waals surface area contributed by atoms with Crippen LogP contribution in [0.25, 0.3) is 0 Å². The summed E-state index contributed by atoms with van der Waals surface area (Å²) in [6.07, 6.45) is 5.32. The van der Waals surface area contributed by atoms with E-state index in [4.69, 9.17) is 0 Å². The first kappa shape index (κ1) is 11.6. The van der Waals surface area contributed by atoms with E-state index in [1.165, 1.54) is 16.0 Å². The number of hydrogen-bond donors (Lipinski definition) is 0. The van der Waals surface area contributed by atoms with Crippen LogP contribution in [0.3, 0.4) is 0 Å². The summed E-state index contributed by atoms with van der Waals surface area (Å²) in [7, 11) is 0.